The second-order valence-electron chi connectivity index (χ2n) is 8.27. The van der Waals surface area contributed by atoms with Crippen molar-refractivity contribution < 1.29 is 18.0 Å². The zero-order valence-electron chi connectivity index (χ0n) is 18.7. The fraction of sp³-hybridized carbons (Fsp3) is 0.417. The molecule has 2 aliphatic rings. The number of hydrogen-bond acceptors (Lipinski definition) is 4. The molecule has 0 fully saturated rings. The maximum absolute atomic E-state index is 13.5. The maximum atomic E-state index is 13.5. The number of hydrogen-bond donors (Lipinski definition) is 0. The van der Waals surface area contributed by atoms with Gasteiger partial charge in [0.2, 0.25) is 21.8 Å². The summed E-state index contributed by atoms with van der Waals surface area (Å²) in [6, 6.07) is 12.3. The van der Waals surface area contributed by atoms with Crippen LogP contribution in [-0.4, -0.2) is 55.1 Å². The van der Waals surface area contributed by atoms with Crippen molar-refractivity contribution in [2.24, 2.45) is 0 Å². The number of benzene rings is 2. The van der Waals surface area contributed by atoms with Crippen LogP contribution >= 0.6 is 0 Å². The van der Waals surface area contributed by atoms with Gasteiger partial charge >= 0.3 is 0 Å². The maximum Gasteiger partial charge on any atom is 0.246 e. The van der Waals surface area contributed by atoms with Crippen LogP contribution < -0.4 is 4.90 Å². The highest BCUT2D eigenvalue weighted by Gasteiger charge is 2.40. The predicted octanol–water partition coefficient (Wildman–Crippen LogP) is 2.58. The third kappa shape index (κ3) is 3.82. The molecule has 0 N–H and O–H groups in total. The smallest absolute Gasteiger partial charge is 0.246 e. The summed E-state index contributed by atoms with van der Waals surface area (Å²) in [7, 11) is -3.62. The van der Waals surface area contributed by atoms with Crippen LogP contribution in [0.4, 0.5) is 5.69 Å². The highest BCUT2D eigenvalue weighted by Crippen LogP contribution is 2.36. The van der Waals surface area contributed by atoms with E-state index in [2.05, 4.69) is 6.07 Å². The first-order chi connectivity index (χ1) is 15.3. The van der Waals surface area contributed by atoms with Gasteiger partial charge in [-0.25, -0.2) is 8.42 Å². The standard InChI is InChI=1S/C24H29N3O4S/c1-4-26(5-2)32(30,31)21-10-11-22-20(14-21)15-23(27(22)17(3)28)24(29)25-13-12-18-8-6-7-9-19(18)16-25/h6-11,14,23H,4-5,12-13,15-16H2,1-3H3/t23-/m0/s1. The van der Waals surface area contributed by atoms with E-state index in [0.717, 1.165) is 12.0 Å². The minimum atomic E-state index is -3.62. The van der Waals surface area contributed by atoms with Crippen LogP contribution in [0.5, 0.6) is 0 Å². The normalized spacial score (nSPS) is 17.9. The summed E-state index contributed by atoms with van der Waals surface area (Å²) in [5, 5.41) is 0. The Morgan fingerprint density at radius 2 is 1.72 bits per heavy atom. The van der Waals surface area contributed by atoms with Crippen molar-refractivity contribution in [1.29, 1.82) is 0 Å². The second-order valence-corrected chi connectivity index (χ2v) is 10.2. The summed E-state index contributed by atoms with van der Waals surface area (Å²) in [5.74, 6) is -0.321. The van der Waals surface area contributed by atoms with Gasteiger partial charge in [0.1, 0.15) is 6.04 Å². The Balaban J connectivity index is 1.63. The van der Waals surface area contributed by atoms with E-state index in [-0.39, 0.29) is 16.7 Å². The largest absolute Gasteiger partial charge is 0.336 e. The molecule has 2 aromatic rings. The molecular weight excluding hydrogens is 426 g/mol. The molecule has 2 amide bonds. The second kappa shape index (κ2) is 8.67. The molecule has 2 aromatic carbocycles. The molecule has 0 saturated carbocycles. The van der Waals surface area contributed by atoms with Crippen LogP contribution in [0, 0.1) is 0 Å². The molecule has 0 spiro atoms. The molecule has 32 heavy (non-hydrogen) atoms. The lowest BCUT2D eigenvalue weighted by atomic mass is 9.99. The summed E-state index contributed by atoms with van der Waals surface area (Å²) >= 11 is 0. The van der Waals surface area contributed by atoms with E-state index in [1.165, 1.54) is 27.8 Å². The lowest BCUT2D eigenvalue weighted by molar-refractivity contribution is -0.135. The monoisotopic (exact) mass is 455 g/mol. The number of nitrogens with zero attached hydrogens (tertiary/aromatic N) is 3. The molecule has 7 nitrogen and oxygen atoms in total. The fourth-order valence-corrected chi connectivity index (χ4v) is 6.29. The Hall–Kier alpha value is -2.71. The van der Waals surface area contributed by atoms with E-state index in [1.807, 2.05) is 23.1 Å². The van der Waals surface area contributed by atoms with Gasteiger partial charge in [-0.3, -0.25) is 14.5 Å². The highest BCUT2D eigenvalue weighted by atomic mass is 32.2. The average Bonchev–Trinajstić information content (AvgIpc) is 3.18. The number of fused-ring (bicyclic) bond motifs is 2. The van der Waals surface area contributed by atoms with Crippen molar-refractivity contribution in [2.75, 3.05) is 24.5 Å². The molecule has 0 aromatic heterocycles. The van der Waals surface area contributed by atoms with Crippen molar-refractivity contribution in [3.05, 3.63) is 59.2 Å². The SMILES string of the molecule is CCN(CC)S(=O)(=O)c1ccc2c(c1)C[C@@H](C(=O)N1CCc3ccccc3C1)N2C(C)=O. The number of rotatable bonds is 5. The molecule has 2 aliphatic heterocycles. The molecule has 170 valence electrons. The van der Waals surface area contributed by atoms with Gasteiger partial charge in [0.05, 0.1) is 4.90 Å². The van der Waals surface area contributed by atoms with Crippen LogP contribution in [0.25, 0.3) is 0 Å². The summed E-state index contributed by atoms with van der Waals surface area (Å²) in [5.41, 5.74) is 3.71. The van der Waals surface area contributed by atoms with Crippen molar-refractivity contribution in [3.63, 3.8) is 0 Å². The Bertz CT molecular complexity index is 1160. The summed E-state index contributed by atoms with van der Waals surface area (Å²) in [6.45, 7) is 6.95. The van der Waals surface area contributed by atoms with Gasteiger partial charge in [-0.1, -0.05) is 38.1 Å². The highest BCUT2D eigenvalue weighted by molar-refractivity contribution is 7.89. The molecule has 8 heteroatoms. The molecule has 2 heterocycles. The topological polar surface area (TPSA) is 78.0 Å². The third-order valence-corrected chi connectivity index (χ3v) is 8.49. The number of sulfonamides is 1. The van der Waals surface area contributed by atoms with E-state index in [0.29, 0.717) is 43.9 Å². The molecule has 0 saturated heterocycles. The molecule has 0 unspecified atom stereocenters. The average molecular weight is 456 g/mol. The molecule has 1 atom stereocenters. The van der Waals surface area contributed by atoms with E-state index in [9.17, 15) is 18.0 Å². The Kier molecular flexibility index (Phi) is 6.09. The lowest BCUT2D eigenvalue weighted by Crippen LogP contribution is -2.50. The van der Waals surface area contributed by atoms with Gasteiger partial charge in [0, 0.05) is 45.2 Å². The number of carbonyl (C=O) groups is 2. The number of carbonyl (C=O) groups excluding carboxylic acids is 2. The Morgan fingerprint density at radius 1 is 1.03 bits per heavy atom. The number of anilines is 1. The van der Waals surface area contributed by atoms with E-state index in [4.69, 9.17) is 0 Å². The molecular formula is C24H29N3O4S. The van der Waals surface area contributed by atoms with Crippen molar-refractivity contribution in [1.82, 2.24) is 9.21 Å². The van der Waals surface area contributed by atoms with Gasteiger partial charge < -0.3 is 4.90 Å². The Labute approximate surface area is 189 Å². The summed E-state index contributed by atoms with van der Waals surface area (Å²) in [6.07, 6.45) is 1.10. The fourth-order valence-electron chi connectivity index (χ4n) is 4.78. The summed E-state index contributed by atoms with van der Waals surface area (Å²) < 4.78 is 27.3. The molecule has 0 bridgehead atoms. The minimum absolute atomic E-state index is 0.0981. The third-order valence-electron chi connectivity index (χ3n) is 6.45. The molecule has 4 rings (SSSR count). The lowest BCUT2D eigenvalue weighted by Gasteiger charge is -2.33. The zero-order valence-corrected chi connectivity index (χ0v) is 19.6. The van der Waals surface area contributed by atoms with Crippen molar-refractivity contribution in [3.8, 4) is 0 Å². The van der Waals surface area contributed by atoms with Gasteiger partial charge in [-0.2, -0.15) is 4.31 Å². The van der Waals surface area contributed by atoms with Crippen LogP contribution in [0.2, 0.25) is 0 Å². The van der Waals surface area contributed by atoms with E-state index < -0.39 is 16.1 Å². The van der Waals surface area contributed by atoms with Crippen LogP contribution in [0.1, 0.15) is 37.5 Å². The first-order valence-electron chi connectivity index (χ1n) is 11.1. The van der Waals surface area contributed by atoms with Crippen LogP contribution in [0.15, 0.2) is 47.4 Å². The van der Waals surface area contributed by atoms with Gasteiger partial charge in [0.25, 0.3) is 0 Å². The molecule has 0 radical (unpaired) electrons. The van der Waals surface area contributed by atoms with Gasteiger partial charge in [0.15, 0.2) is 0 Å². The molecule has 0 aliphatic carbocycles. The summed E-state index contributed by atoms with van der Waals surface area (Å²) in [4.78, 5) is 29.5. The number of amides is 2. The zero-order chi connectivity index (χ0) is 23.0. The quantitative estimate of drug-likeness (QED) is 0.694. The first-order valence-corrected chi connectivity index (χ1v) is 12.5. The van der Waals surface area contributed by atoms with Gasteiger partial charge in [-0.05, 0) is 41.3 Å². The van der Waals surface area contributed by atoms with Gasteiger partial charge in [-0.15, -0.1) is 0 Å². The first kappa shape index (κ1) is 22.5. The van der Waals surface area contributed by atoms with Crippen LogP contribution in [-0.2, 0) is 39.0 Å². The Morgan fingerprint density at radius 3 is 2.38 bits per heavy atom. The van der Waals surface area contributed by atoms with Crippen molar-refractivity contribution >= 4 is 27.5 Å². The van der Waals surface area contributed by atoms with Crippen LogP contribution in [0.3, 0.4) is 0 Å². The van der Waals surface area contributed by atoms with E-state index >= 15 is 0 Å². The minimum Gasteiger partial charge on any atom is -0.336 e. The predicted molar refractivity (Wildman–Crippen MR) is 123 cm³/mol. The van der Waals surface area contributed by atoms with E-state index in [1.54, 1.807) is 26.0 Å². The van der Waals surface area contributed by atoms with Crippen molar-refractivity contribution in [2.45, 2.75) is 51.1 Å².